The molecule has 24 heavy (non-hydrogen) atoms. The van der Waals surface area contributed by atoms with Crippen molar-refractivity contribution in [1.82, 2.24) is 20.2 Å². The van der Waals surface area contributed by atoms with Gasteiger partial charge in [0.15, 0.2) is 5.82 Å². The van der Waals surface area contributed by atoms with Gasteiger partial charge in [-0.15, -0.1) is 0 Å². The predicted octanol–water partition coefficient (Wildman–Crippen LogP) is 2.85. The Morgan fingerprint density at radius 3 is 2.71 bits per heavy atom. The van der Waals surface area contributed by atoms with Crippen LogP contribution in [0.25, 0.3) is 0 Å². The highest BCUT2D eigenvalue weighted by Crippen LogP contribution is 2.39. The van der Waals surface area contributed by atoms with Gasteiger partial charge in [0.05, 0.1) is 12.1 Å². The molecule has 0 aromatic carbocycles. The van der Waals surface area contributed by atoms with E-state index >= 15 is 0 Å². The molecule has 1 atom stereocenters. The van der Waals surface area contributed by atoms with E-state index in [1.807, 2.05) is 18.7 Å². The Hall–Kier alpha value is -2.18. The second-order valence-corrected chi connectivity index (χ2v) is 6.84. The molecule has 7 nitrogen and oxygen atoms in total. The maximum Gasteiger partial charge on any atom is 0.249 e. The molecule has 2 aromatic heterocycles. The molecule has 0 bridgehead atoms. The van der Waals surface area contributed by atoms with Gasteiger partial charge in [-0.25, -0.2) is 0 Å². The lowest BCUT2D eigenvalue weighted by Gasteiger charge is -2.33. The number of aromatic nitrogens is 3. The van der Waals surface area contributed by atoms with Crippen LogP contribution in [-0.4, -0.2) is 32.6 Å². The summed E-state index contributed by atoms with van der Waals surface area (Å²) < 4.78 is 10.7. The number of aryl methyl sites for hydroxylation is 2. The fraction of sp³-hybridized carbons (Fsp3) is 0.647. The van der Waals surface area contributed by atoms with Crippen molar-refractivity contribution in [3.8, 4) is 0 Å². The standard InChI is InChI=1S/C17H22N4O3/c1-10-13(11(2)23-19-10)9-15(22)21-8-4-3-5-14(21)17-18-16(20-24-17)12-6-7-12/h12,14H,3-9H2,1-2H3. The van der Waals surface area contributed by atoms with Gasteiger partial charge in [-0.3, -0.25) is 4.79 Å². The van der Waals surface area contributed by atoms with E-state index in [4.69, 9.17) is 9.05 Å². The molecule has 7 heteroatoms. The highest BCUT2D eigenvalue weighted by Gasteiger charge is 2.35. The van der Waals surface area contributed by atoms with Gasteiger partial charge in [-0.05, 0) is 46.0 Å². The van der Waals surface area contributed by atoms with Crippen molar-refractivity contribution < 1.29 is 13.8 Å². The lowest BCUT2D eigenvalue weighted by atomic mass is 10.0. The number of piperidine rings is 1. The molecule has 0 radical (unpaired) electrons. The van der Waals surface area contributed by atoms with E-state index in [0.717, 1.165) is 55.7 Å². The first kappa shape index (κ1) is 15.4. The average Bonchev–Trinajstić information content (AvgIpc) is 3.25. The average molecular weight is 330 g/mol. The zero-order valence-electron chi connectivity index (χ0n) is 14.1. The van der Waals surface area contributed by atoms with Gasteiger partial charge < -0.3 is 13.9 Å². The second-order valence-electron chi connectivity index (χ2n) is 6.84. The smallest absolute Gasteiger partial charge is 0.249 e. The number of amides is 1. The largest absolute Gasteiger partial charge is 0.361 e. The van der Waals surface area contributed by atoms with Crippen molar-refractivity contribution in [1.29, 1.82) is 0 Å². The molecule has 1 amide bonds. The number of likely N-dealkylation sites (tertiary alicyclic amines) is 1. The van der Waals surface area contributed by atoms with Gasteiger partial charge >= 0.3 is 0 Å². The first-order valence-electron chi connectivity index (χ1n) is 8.68. The molecule has 2 aliphatic rings. The van der Waals surface area contributed by atoms with Gasteiger partial charge in [0.2, 0.25) is 11.8 Å². The first-order valence-corrected chi connectivity index (χ1v) is 8.68. The van der Waals surface area contributed by atoms with Gasteiger partial charge in [0.25, 0.3) is 0 Å². The van der Waals surface area contributed by atoms with Crippen molar-refractivity contribution >= 4 is 5.91 Å². The summed E-state index contributed by atoms with van der Waals surface area (Å²) in [5.74, 6) is 2.62. The SMILES string of the molecule is Cc1noc(C)c1CC(=O)N1CCCCC1c1nc(C2CC2)no1. The van der Waals surface area contributed by atoms with E-state index in [1.54, 1.807) is 0 Å². The molecule has 0 spiro atoms. The molecular formula is C17H22N4O3. The lowest BCUT2D eigenvalue weighted by Crippen LogP contribution is -2.39. The van der Waals surface area contributed by atoms with E-state index in [-0.39, 0.29) is 11.9 Å². The van der Waals surface area contributed by atoms with E-state index < -0.39 is 0 Å². The summed E-state index contributed by atoms with van der Waals surface area (Å²) in [6, 6.07) is -0.105. The number of carbonyl (C=O) groups excluding carboxylic acids is 1. The van der Waals surface area contributed by atoms with Gasteiger partial charge in [0, 0.05) is 18.0 Å². The highest BCUT2D eigenvalue weighted by atomic mass is 16.5. The van der Waals surface area contributed by atoms with Crippen LogP contribution in [0.3, 0.4) is 0 Å². The number of rotatable bonds is 4. The topological polar surface area (TPSA) is 85.3 Å². The summed E-state index contributed by atoms with van der Waals surface area (Å²) >= 11 is 0. The van der Waals surface area contributed by atoms with Crippen LogP contribution in [0.4, 0.5) is 0 Å². The van der Waals surface area contributed by atoms with Crippen LogP contribution in [0, 0.1) is 13.8 Å². The molecule has 2 fully saturated rings. The Morgan fingerprint density at radius 1 is 1.17 bits per heavy atom. The Balaban J connectivity index is 1.53. The fourth-order valence-corrected chi connectivity index (χ4v) is 3.38. The summed E-state index contributed by atoms with van der Waals surface area (Å²) in [6.07, 6.45) is 5.53. The molecule has 1 aliphatic heterocycles. The fourth-order valence-electron chi connectivity index (χ4n) is 3.38. The molecule has 1 saturated heterocycles. The number of nitrogens with zero attached hydrogens (tertiary/aromatic N) is 4. The summed E-state index contributed by atoms with van der Waals surface area (Å²) in [5.41, 5.74) is 1.66. The number of hydrogen-bond donors (Lipinski definition) is 0. The van der Waals surface area contributed by atoms with Crippen LogP contribution in [0.1, 0.15) is 72.8 Å². The lowest BCUT2D eigenvalue weighted by molar-refractivity contribution is -0.135. The van der Waals surface area contributed by atoms with E-state index in [1.165, 1.54) is 0 Å². The third kappa shape index (κ3) is 2.83. The number of hydrogen-bond acceptors (Lipinski definition) is 6. The predicted molar refractivity (Wildman–Crippen MR) is 84.3 cm³/mol. The number of carbonyl (C=O) groups is 1. The molecule has 1 saturated carbocycles. The summed E-state index contributed by atoms with van der Waals surface area (Å²) in [4.78, 5) is 19.3. The minimum absolute atomic E-state index is 0.0697. The Labute approximate surface area is 140 Å². The molecule has 0 N–H and O–H groups in total. The maximum absolute atomic E-state index is 12.9. The van der Waals surface area contributed by atoms with Gasteiger partial charge in [0.1, 0.15) is 11.8 Å². The zero-order chi connectivity index (χ0) is 16.7. The molecule has 2 aromatic rings. The van der Waals surface area contributed by atoms with Crippen LogP contribution in [0.15, 0.2) is 9.05 Å². The summed E-state index contributed by atoms with van der Waals surface area (Å²) in [5, 5.41) is 8.04. The maximum atomic E-state index is 12.9. The third-order valence-electron chi connectivity index (χ3n) is 5.02. The van der Waals surface area contributed by atoms with Crippen molar-refractivity contribution in [2.75, 3.05) is 6.54 Å². The van der Waals surface area contributed by atoms with E-state index in [9.17, 15) is 4.79 Å². The monoisotopic (exact) mass is 330 g/mol. The Morgan fingerprint density at radius 2 is 2.00 bits per heavy atom. The molecule has 3 heterocycles. The van der Waals surface area contributed by atoms with Crippen LogP contribution in [0.5, 0.6) is 0 Å². The summed E-state index contributed by atoms with van der Waals surface area (Å²) in [7, 11) is 0. The van der Waals surface area contributed by atoms with E-state index in [0.29, 0.717) is 24.0 Å². The van der Waals surface area contributed by atoms with Crippen molar-refractivity contribution in [2.24, 2.45) is 0 Å². The minimum Gasteiger partial charge on any atom is -0.361 e. The Kier molecular flexibility index (Phi) is 3.86. The quantitative estimate of drug-likeness (QED) is 0.857. The van der Waals surface area contributed by atoms with E-state index in [2.05, 4.69) is 15.3 Å². The van der Waals surface area contributed by atoms with Crippen molar-refractivity contribution in [3.05, 3.63) is 28.7 Å². The molecule has 1 aliphatic carbocycles. The molecule has 128 valence electrons. The van der Waals surface area contributed by atoms with Crippen molar-refractivity contribution in [2.45, 2.75) is 64.3 Å². The van der Waals surface area contributed by atoms with Crippen LogP contribution >= 0.6 is 0 Å². The molecule has 1 unspecified atom stereocenters. The molecular weight excluding hydrogens is 308 g/mol. The highest BCUT2D eigenvalue weighted by molar-refractivity contribution is 5.79. The minimum atomic E-state index is -0.105. The first-order chi connectivity index (χ1) is 11.6. The summed E-state index contributed by atoms with van der Waals surface area (Å²) in [6.45, 7) is 4.44. The van der Waals surface area contributed by atoms with Crippen LogP contribution in [0.2, 0.25) is 0 Å². The zero-order valence-corrected chi connectivity index (χ0v) is 14.1. The molecule has 4 rings (SSSR count). The second kappa shape index (κ2) is 6.03. The Bertz CT molecular complexity index is 727. The third-order valence-corrected chi connectivity index (χ3v) is 5.02. The van der Waals surface area contributed by atoms with Crippen LogP contribution < -0.4 is 0 Å². The van der Waals surface area contributed by atoms with Gasteiger partial charge in [-0.2, -0.15) is 4.98 Å². The van der Waals surface area contributed by atoms with Crippen molar-refractivity contribution in [3.63, 3.8) is 0 Å². The normalized spacial score (nSPS) is 21.2. The van der Waals surface area contributed by atoms with Crippen LogP contribution in [-0.2, 0) is 11.2 Å². The van der Waals surface area contributed by atoms with Gasteiger partial charge in [-0.1, -0.05) is 10.3 Å².